The molecule has 0 fully saturated rings. The molecule has 1 aromatic rings. The minimum atomic E-state index is -4.54. The van der Waals surface area contributed by atoms with Gasteiger partial charge >= 0.3 is 7.82 Å². The zero-order valence-electron chi connectivity index (χ0n) is 8.50. The van der Waals surface area contributed by atoms with Gasteiger partial charge < -0.3 is 9.26 Å². The van der Waals surface area contributed by atoms with Crippen LogP contribution in [-0.4, -0.2) is 15.8 Å². The Hall–Kier alpha value is -0.100. The molecular weight excluding hydrogens is 400 g/mol. The zero-order valence-corrected chi connectivity index (χ0v) is 11.3. The number of rotatable bonds is 4. The fraction of sp³-hybridized carbons (Fsp3) is 0.111. The van der Waals surface area contributed by atoms with Crippen LogP contribution >= 0.6 is 7.82 Å². The summed E-state index contributed by atoms with van der Waals surface area (Å²) in [4.78, 5) is 27.9. The first-order valence-corrected chi connectivity index (χ1v) is 5.72. The molecule has 0 aliphatic heterocycles. The molecule has 2 N–H and O–H groups in total. The molecule has 0 aromatic heterocycles. The molecule has 17 heavy (non-hydrogen) atoms. The van der Waals surface area contributed by atoms with Crippen LogP contribution in [0.1, 0.15) is 5.56 Å². The van der Waals surface area contributed by atoms with Crippen molar-refractivity contribution in [3.05, 3.63) is 36.9 Å². The molecule has 0 heterocycles. The Morgan fingerprint density at radius 2 is 1.82 bits per heavy atom. The number of hydrogen-bond donors (Lipinski definition) is 2. The van der Waals surface area contributed by atoms with Gasteiger partial charge in [-0.15, -0.1) is 0 Å². The molecule has 0 aliphatic rings. The van der Waals surface area contributed by atoms with Crippen LogP contribution in [0.4, 0.5) is 0 Å². The van der Waals surface area contributed by atoms with E-state index in [1.807, 2.05) is 0 Å². The summed E-state index contributed by atoms with van der Waals surface area (Å²) in [6.45, 7) is 0. The SMILES string of the molecule is [CH2-]OC(=O)Cc1ccc(OP(=O)(O)O)cc1.[Ho]. The Morgan fingerprint density at radius 1 is 1.29 bits per heavy atom. The fourth-order valence-corrected chi connectivity index (χ4v) is 1.42. The summed E-state index contributed by atoms with van der Waals surface area (Å²) >= 11 is 0. The second-order valence-electron chi connectivity index (χ2n) is 2.92. The van der Waals surface area contributed by atoms with E-state index in [2.05, 4.69) is 16.4 Å². The monoisotopic (exact) mass is 410 g/mol. The van der Waals surface area contributed by atoms with Gasteiger partial charge in [0.1, 0.15) is 5.75 Å². The summed E-state index contributed by atoms with van der Waals surface area (Å²) in [5, 5.41) is 0. The van der Waals surface area contributed by atoms with Crippen LogP contribution in [0.3, 0.4) is 0 Å². The number of hydrogen-bond acceptors (Lipinski definition) is 4. The molecule has 0 spiro atoms. The molecule has 6 nitrogen and oxygen atoms in total. The topological polar surface area (TPSA) is 93.1 Å². The van der Waals surface area contributed by atoms with E-state index in [1.54, 1.807) is 0 Å². The van der Waals surface area contributed by atoms with Gasteiger partial charge in [-0.1, -0.05) is 12.1 Å². The Morgan fingerprint density at radius 3 is 2.24 bits per heavy atom. The molecule has 0 aliphatic carbocycles. The summed E-state index contributed by atoms with van der Waals surface area (Å²) in [5.41, 5.74) is 0.631. The van der Waals surface area contributed by atoms with Crippen molar-refractivity contribution in [2.24, 2.45) is 0 Å². The van der Waals surface area contributed by atoms with E-state index in [-0.39, 0.29) is 49.9 Å². The zero-order chi connectivity index (χ0) is 12.2. The van der Waals surface area contributed by atoms with Gasteiger partial charge in [-0.05, 0) is 17.7 Å². The summed E-state index contributed by atoms with van der Waals surface area (Å²) in [6, 6.07) is 5.71. The number of esters is 1. The third kappa shape index (κ3) is 7.03. The van der Waals surface area contributed by atoms with E-state index in [1.165, 1.54) is 24.3 Å². The first kappa shape index (κ1) is 16.9. The van der Waals surface area contributed by atoms with E-state index in [9.17, 15) is 9.36 Å². The van der Waals surface area contributed by atoms with Crippen LogP contribution in [-0.2, 0) is 20.5 Å². The average Bonchev–Trinajstić information content (AvgIpc) is 2.18. The Kier molecular flexibility index (Phi) is 7.32. The van der Waals surface area contributed by atoms with Gasteiger partial charge in [0.25, 0.3) is 5.97 Å². The number of phosphoric ester groups is 1. The smallest absolute Gasteiger partial charge is 0.524 e. The Balaban J connectivity index is 0.00000256. The predicted molar refractivity (Wildman–Crippen MR) is 54.3 cm³/mol. The number of ether oxygens (including phenoxy) is 1. The fourth-order valence-electron chi connectivity index (χ4n) is 1.02. The Bertz CT molecular complexity index is 412. The molecule has 0 bridgehead atoms. The molecule has 99 valence electrons. The van der Waals surface area contributed by atoms with Crippen molar-refractivity contribution in [1.82, 2.24) is 0 Å². The third-order valence-corrected chi connectivity index (χ3v) is 2.11. The van der Waals surface area contributed by atoms with Crippen LogP contribution in [0.5, 0.6) is 5.75 Å². The van der Waals surface area contributed by atoms with Crippen molar-refractivity contribution < 1.29 is 66.1 Å². The van der Waals surface area contributed by atoms with Gasteiger partial charge in [0.15, 0.2) is 0 Å². The summed E-state index contributed by atoms with van der Waals surface area (Å²) < 4.78 is 19.0. The summed E-state index contributed by atoms with van der Waals surface area (Å²) in [5.74, 6) is -0.469. The van der Waals surface area contributed by atoms with Crippen molar-refractivity contribution in [1.29, 1.82) is 0 Å². The largest absolute Gasteiger partial charge is 0.640 e. The number of carbonyl (C=O) groups is 1. The van der Waals surface area contributed by atoms with Crippen LogP contribution in [0.2, 0.25) is 0 Å². The van der Waals surface area contributed by atoms with Crippen molar-refractivity contribution in [3.63, 3.8) is 0 Å². The molecule has 1 rings (SSSR count). The average molecular weight is 410 g/mol. The molecule has 0 amide bonds. The van der Waals surface area contributed by atoms with Crippen molar-refractivity contribution in [3.8, 4) is 5.75 Å². The molecule has 0 atom stereocenters. The van der Waals surface area contributed by atoms with Crippen LogP contribution in [0.15, 0.2) is 24.3 Å². The first-order chi connectivity index (χ1) is 7.40. The van der Waals surface area contributed by atoms with Crippen molar-refractivity contribution in [2.45, 2.75) is 6.42 Å². The molecule has 0 unspecified atom stereocenters. The summed E-state index contributed by atoms with van der Waals surface area (Å²) in [6.07, 6.45) is 0.0414. The number of phosphoric acid groups is 1. The maximum Gasteiger partial charge on any atom is 0.524 e. The van der Waals surface area contributed by atoms with E-state index in [0.29, 0.717) is 5.56 Å². The number of benzene rings is 1. The van der Waals surface area contributed by atoms with Gasteiger partial charge in [0.05, 0.1) is 6.42 Å². The minimum absolute atomic E-state index is 0. The predicted octanol–water partition coefficient (Wildman–Crippen LogP) is 1.04. The molecule has 1 radical (unpaired) electrons. The van der Waals surface area contributed by atoms with Gasteiger partial charge in [0, 0.05) is 37.7 Å². The van der Waals surface area contributed by atoms with E-state index in [4.69, 9.17) is 9.79 Å². The maximum atomic E-state index is 10.9. The van der Waals surface area contributed by atoms with Gasteiger partial charge in [-0.2, -0.15) is 7.11 Å². The van der Waals surface area contributed by atoms with E-state index >= 15 is 0 Å². The van der Waals surface area contributed by atoms with Crippen LogP contribution in [0, 0.1) is 44.8 Å². The molecule has 1 aromatic carbocycles. The van der Waals surface area contributed by atoms with Crippen LogP contribution < -0.4 is 4.52 Å². The van der Waals surface area contributed by atoms with Crippen molar-refractivity contribution in [2.75, 3.05) is 0 Å². The van der Waals surface area contributed by atoms with Gasteiger partial charge in [0.2, 0.25) is 0 Å². The van der Waals surface area contributed by atoms with Crippen LogP contribution in [0.25, 0.3) is 0 Å². The third-order valence-electron chi connectivity index (χ3n) is 1.66. The minimum Gasteiger partial charge on any atom is -0.640 e. The second-order valence-corrected chi connectivity index (χ2v) is 4.08. The standard InChI is InChI=1S/C9H10O6P.Ho/c1-14-9(10)6-7-2-4-8(5-3-7)15-16(11,12)13;/h2-5H,1,6H2,(H2,11,12,13);/q-1;. The Labute approximate surface area is 128 Å². The molecule has 8 heteroatoms. The first-order valence-electron chi connectivity index (χ1n) is 4.19. The molecule has 0 saturated carbocycles. The maximum absolute atomic E-state index is 10.9. The molecule has 0 saturated heterocycles. The van der Waals surface area contributed by atoms with E-state index < -0.39 is 13.8 Å². The second kappa shape index (κ2) is 7.36. The van der Waals surface area contributed by atoms with E-state index in [0.717, 1.165) is 0 Å². The van der Waals surface area contributed by atoms with Gasteiger partial charge in [-0.3, -0.25) is 14.6 Å². The van der Waals surface area contributed by atoms with Crippen molar-refractivity contribution >= 4 is 13.8 Å². The quantitative estimate of drug-likeness (QED) is 0.334. The number of carbonyl (C=O) groups excluding carboxylic acids is 1. The van der Waals surface area contributed by atoms with Gasteiger partial charge in [-0.25, -0.2) is 4.57 Å². The molecular formula is C9H10HoO6P-. The summed E-state index contributed by atoms with van der Waals surface area (Å²) in [7, 11) is -1.57. The normalized spacial score (nSPS) is 10.3.